The summed E-state index contributed by atoms with van der Waals surface area (Å²) >= 11 is -1.90. The highest BCUT2D eigenvalue weighted by Gasteiger charge is 2.07. The zero-order valence-electron chi connectivity index (χ0n) is 8.94. The van der Waals surface area contributed by atoms with Gasteiger partial charge in [0.05, 0.1) is 13.1 Å². The van der Waals surface area contributed by atoms with Crippen molar-refractivity contribution < 1.29 is 13.7 Å². The lowest BCUT2D eigenvalue weighted by atomic mass is 10.3. The van der Waals surface area contributed by atoms with Gasteiger partial charge in [-0.15, -0.1) is 0 Å². The van der Waals surface area contributed by atoms with Crippen LogP contribution in [0, 0.1) is 0 Å². The molecule has 3 nitrogen and oxygen atoms in total. The van der Waals surface area contributed by atoms with Gasteiger partial charge in [-0.3, -0.25) is 4.21 Å². The number of rotatable bonds is 6. The van der Waals surface area contributed by atoms with Gasteiger partial charge >= 0.3 is 0 Å². The second kappa shape index (κ2) is 6.71. The Morgan fingerprint density at radius 3 is 2.53 bits per heavy atom. The molecule has 0 spiro atoms. The third-order valence-corrected chi connectivity index (χ3v) is 3.02. The third-order valence-electron chi connectivity index (χ3n) is 2.40. The molecular weight excluding hydrogens is 210 g/mol. The fraction of sp³-hybridized carbons (Fsp3) is 0.455. The summed E-state index contributed by atoms with van der Waals surface area (Å²) in [5.74, 6) is 0.260. The summed E-state index contributed by atoms with van der Waals surface area (Å²) in [6, 6.07) is 10.2. The standard InChI is InChI=1S/C11H17NO2S/c1-2-12(9-6-10-15(13)14)11-7-4-3-5-8-11/h3-5,7-8H,2,6,9-10H2,1H3,(H,13,14). The van der Waals surface area contributed by atoms with Crippen molar-refractivity contribution in [2.45, 2.75) is 13.3 Å². The molecule has 2 atom stereocenters. The maximum atomic E-state index is 10.4. The van der Waals surface area contributed by atoms with Gasteiger partial charge in [0.1, 0.15) is 5.69 Å². The van der Waals surface area contributed by atoms with Gasteiger partial charge < -0.3 is 9.45 Å². The van der Waals surface area contributed by atoms with Gasteiger partial charge in [0.25, 0.3) is 0 Å². The smallest absolute Gasteiger partial charge is 0.131 e. The van der Waals surface area contributed by atoms with Gasteiger partial charge in [-0.05, 0) is 19.1 Å². The molecule has 0 aromatic heterocycles. The van der Waals surface area contributed by atoms with Crippen molar-refractivity contribution in [1.29, 1.82) is 0 Å². The maximum absolute atomic E-state index is 10.4. The fourth-order valence-corrected chi connectivity index (χ4v) is 1.98. The number of hydrogen-bond donors (Lipinski definition) is 1. The summed E-state index contributed by atoms with van der Waals surface area (Å²) in [7, 11) is 0. The number of quaternary nitrogens is 1. The van der Waals surface area contributed by atoms with Gasteiger partial charge in [0.15, 0.2) is 0 Å². The van der Waals surface area contributed by atoms with E-state index < -0.39 is 11.1 Å². The highest BCUT2D eigenvalue weighted by atomic mass is 32.2. The van der Waals surface area contributed by atoms with E-state index in [0.29, 0.717) is 6.42 Å². The van der Waals surface area contributed by atoms with E-state index in [-0.39, 0.29) is 5.75 Å². The predicted molar refractivity (Wildman–Crippen MR) is 60.9 cm³/mol. The second-order valence-corrected chi connectivity index (χ2v) is 4.45. The van der Waals surface area contributed by atoms with E-state index in [1.54, 1.807) is 0 Å². The first kappa shape index (κ1) is 12.4. The maximum Gasteiger partial charge on any atom is 0.131 e. The molecule has 2 unspecified atom stereocenters. The number of hydrogen-bond acceptors (Lipinski definition) is 2. The first-order valence-electron chi connectivity index (χ1n) is 5.20. The van der Waals surface area contributed by atoms with Gasteiger partial charge in [0.2, 0.25) is 0 Å². The Balaban J connectivity index is 2.46. The molecule has 1 rings (SSSR count). The van der Waals surface area contributed by atoms with Crippen molar-refractivity contribution in [3.05, 3.63) is 30.3 Å². The Morgan fingerprint density at radius 2 is 2.00 bits per heavy atom. The largest absolute Gasteiger partial charge is 0.772 e. The van der Waals surface area contributed by atoms with Crippen LogP contribution in [0.25, 0.3) is 0 Å². The first-order chi connectivity index (χ1) is 7.24. The SMILES string of the molecule is CC[NH+](CCCS(=O)[O-])c1ccccc1. The van der Waals surface area contributed by atoms with Crippen molar-refractivity contribution in [2.75, 3.05) is 18.8 Å². The van der Waals surface area contributed by atoms with Gasteiger partial charge in [-0.25, -0.2) is 0 Å². The van der Waals surface area contributed by atoms with Crippen LogP contribution in [-0.4, -0.2) is 27.6 Å². The summed E-state index contributed by atoms with van der Waals surface area (Å²) in [6.45, 7) is 3.96. The van der Waals surface area contributed by atoms with Crippen LogP contribution in [0.1, 0.15) is 13.3 Å². The van der Waals surface area contributed by atoms with E-state index >= 15 is 0 Å². The molecule has 0 aliphatic carbocycles. The molecule has 0 aliphatic heterocycles. The van der Waals surface area contributed by atoms with E-state index in [4.69, 9.17) is 0 Å². The molecule has 4 heteroatoms. The number of benzene rings is 1. The van der Waals surface area contributed by atoms with Crippen LogP contribution in [0.4, 0.5) is 5.69 Å². The Bertz CT molecular complexity index is 303. The van der Waals surface area contributed by atoms with Crippen molar-refractivity contribution in [1.82, 2.24) is 0 Å². The molecule has 0 heterocycles. The minimum Gasteiger partial charge on any atom is -0.772 e. The van der Waals surface area contributed by atoms with Crippen LogP contribution in [-0.2, 0) is 11.1 Å². The second-order valence-electron chi connectivity index (χ2n) is 3.43. The fourth-order valence-electron chi connectivity index (χ4n) is 1.60. The lowest BCUT2D eigenvalue weighted by Gasteiger charge is -2.17. The average Bonchev–Trinajstić information content (AvgIpc) is 2.25. The Hall–Kier alpha value is -0.710. The quantitative estimate of drug-likeness (QED) is 0.719. The third kappa shape index (κ3) is 4.55. The summed E-state index contributed by atoms with van der Waals surface area (Å²) in [4.78, 5) is 1.33. The zero-order chi connectivity index (χ0) is 11.1. The Labute approximate surface area is 93.4 Å². The van der Waals surface area contributed by atoms with E-state index in [2.05, 4.69) is 19.1 Å². The molecule has 0 bridgehead atoms. The monoisotopic (exact) mass is 227 g/mol. The Morgan fingerprint density at radius 1 is 1.33 bits per heavy atom. The minimum absolute atomic E-state index is 0.260. The Kier molecular flexibility index (Phi) is 5.53. The molecule has 0 amide bonds. The average molecular weight is 227 g/mol. The van der Waals surface area contributed by atoms with E-state index in [1.807, 2.05) is 18.2 Å². The van der Waals surface area contributed by atoms with Crippen LogP contribution in [0.15, 0.2) is 30.3 Å². The molecule has 1 aromatic carbocycles. The van der Waals surface area contributed by atoms with E-state index in [9.17, 15) is 8.76 Å². The van der Waals surface area contributed by atoms with Crippen molar-refractivity contribution >= 4 is 16.8 Å². The normalized spacial score (nSPS) is 14.8. The lowest BCUT2D eigenvalue weighted by Crippen LogP contribution is -3.06. The molecule has 0 aliphatic rings. The van der Waals surface area contributed by atoms with E-state index in [1.165, 1.54) is 10.6 Å². The van der Waals surface area contributed by atoms with Crippen molar-refractivity contribution in [3.63, 3.8) is 0 Å². The summed E-state index contributed by atoms with van der Waals surface area (Å²) in [5, 5.41) is 0. The highest BCUT2D eigenvalue weighted by molar-refractivity contribution is 7.79. The van der Waals surface area contributed by atoms with Crippen LogP contribution in [0.5, 0.6) is 0 Å². The summed E-state index contributed by atoms with van der Waals surface area (Å²) < 4.78 is 20.8. The molecule has 1 aromatic rings. The number of nitrogens with one attached hydrogen (secondary N) is 1. The zero-order valence-corrected chi connectivity index (χ0v) is 9.76. The summed E-state index contributed by atoms with van der Waals surface area (Å²) in [5.41, 5.74) is 1.23. The van der Waals surface area contributed by atoms with Crippen molar-refractivity contribution in [3.8, 4) is 0 Å². The van der Waals surface area contributed by atoms with Crippen LogP contribution in [0.3, 0.4) is 0 Å². The first-order valence-corrected chi connectivity index (χ1v) is 6.44. The van der Waals surface area contributed by atoms with Gasteiger partial charge in [-0.2, -0.15) is 0 Å². The van der Waals surface area contributed by atoms with Crippen molar-refractivity contribution in [2.24, 2.45) is 0 Å². The van der Waals surface area contributed by atoms with E-state index in [0.717, 1.165) is 13.1 Å². The van der Waals surface area contributed by atoms with Crippen LogP contribution < -0.4 is 4.90 Å². The molecule has 15 heavy (non-hydrogen) atoms. The molecule has 0 saturated heterocycles. The minimum atomic E-state index is -1.90. The van der Waals surface area contributed by atoms with Crippen LogP contribution in [0.2, 0.25) is 0 Å². The molecule has 84 valence electrons. The molecule has 0 saturated carbocycles. The molecule has 1 N–H and O–H groups in total. The van der Waals surface area contributed by atoms with Crippen LogP contribution >= 0.6 is 0 Å². The molecule has 0 fully saturated rings. The predicted octanol–water partition coefficient (Wildman–Crippen LogP) is 0.492. The molecular formula is C11H17NO2S. The molecule has 0 radical (unpaired) electrons. The summed E-state index contributed by atoms with van der Waals surface area (Å²) in [6.07, 6.45) is 0.716. The highest BCUT2D eigenvalue weighted by Crippen LogP contribution is 1.98. The number of para-hydroxylation sites is 1. The lowest BCUT2D eigenvalue weighted by molar-refractivity contribution is -0.830. The topological polar surface area (TPSA) is 44.6 Å². The van der Waals surface area contributed by atoms with Gasteiger partial charge in [0, 0.05) is 12.2 Å². The van der Waals surface area contributed by atoms with Gasteiger partial charge in [-0.1, -0.05) is 29.3 Å².